The molecule has 0 fully saturated rings. The maximum atomic E-state index is 13.1. The van der Waals surface area contributed by atoms with E-state index in [-0.39, 0.29) is 25.7 Å². The highest BCUT2D eigenvalue weighted by Gasteiger charge is 2.30. The molecule has 0 aromatic carbocycles. The first-order chi connectivity index (χ1) is 45.3. The largest absolute Gasteiger partial charge is 0.472 e. The van der Waals surface area contributed by atoms with Crippen molar-refractivity contribution in [2.24, 2.45) is 17.8 Å². The molecule has 0 heterocycles. The Morgan fingerprint density at radius 1 is 0.298 bits per heavy atom. The number of phosphoric ester groups is 2. The number of carbonyl (C=O) groups is 4. The van der Waals surface area contributed by atoms with Gasteiger partial charge in [-0.3, -0.25) is 37.3 Å². The van der Waals surface area contributed by atoms with Crippen molar-refractivity contribution in [2.45, 2.75) is 401 Å². The smallest absolute Gasteiger partial charge is 0.462 e. The maximum Gasteiger partial charge on any atom is 0.472 e. The summed E-state index contributed by atoms with van der Waals surface area (Å²) < 4.78 is 68.4. The van der Waals surface area contributed by atoms with Gasteiger partial charge < -0.3 is 33.8 Å². The Hall–Kier alpha value is -1.94. The summed E-state index contributed by atoms with van der Waals surface area (Å²) >= 11 is 0. The van der Waals surface area contributed by atoms with Crippen LogP contribution in [-0.4, -0.2) is 96.7 Å². The van der Waals surface area contributed by atoms with Gasteiger partial charge in [0.15, 0.2) is 12.2 Å². The molecule has 0 aliphatic heterocycles. The van der Waals surface area contributed by atoms with Crippen LogP contribution < -0.4 is 0 Å². The molecule has 17 nitrogen and oxygen atoms in total. The van der Waals surface area contributed by atoms with E-state index in [0.29, 0.717) is 25.7 Å². The third-order valence-electron chi connectivity index (χ3n) is 18.5. The van der Waals surface area contributed by atoms with Gasteiger partial charge in [-0.15, -0.1) is 0 Å². The number of unbranched alkanes of at least 4 members (excludes halogenated alkanes) is 38. The Morgan fingerprint density at radius 3 is 0.755 bits per heavy atom. The van der Waals surface area contributed by atoms with Gasteiger partial charge in [0.25, 0.3) is 0 Å². The van der Waals surface area contributed by atoms with E-state index >= 15 is 0 Å². The second-order valence-electron chi connectivity index (χ2n) is 27.8. The third-order valence-corrected chi connectivity index (χ3v) is 20.4. The molecular weight excluding hydrogens is 1230 g/mol. The molecule has 0 bridgehead atoms. The molecule has 5 unspecified atom stereocenters. The quantitative estimate of drug-likeness (QED) is 0.0222. The second kappa shape index (κ2) is 65.7. The van der Waals surface area contributed by atoms with Crippen LogP contribution in [0, 0.1) is 17.8 Å². The van der Waals surface area contributed by atoms with Gasteiger partial charge in [0, 0.05) is 25.7 Å². The van der Waals surface area contributed by atoms with Crippen LogP contribution in [0.15, 0.2) is 0 Å². The predicted molar refractivity (Wildman–Crippen MR) is 381 cm³/mol. The number of ether oxygens (including phenoxy) is 4. The number of phosphoric acid groups is 2. The van der Waals surface area contributed by atoms with Crippen molar-refractivity contribution in [3.8, 4) is 0 Å². The highest BCUT2D eigenvalue weighted by atomic mass is 31.2. The van der Waals surface area contributed by atoms with Gasteiger partial charge >= 0.3 is 39.5 Å². The molecule has 0 saturated heterocycles. The van der Waals surface area contributed by atoms with Gasteiger partial charge in [-0.05, 0) is 43.4 Å². The van der Waals surface area contributed by atoms with Crippen LogP contribution in [0.1, 0.15) is 382 Å². The molecule has 0 saturated carbocycles. The molecule has 0 aromatic heterocycles. The van der Waals surface area contributed by atoms with Gasteiger partial charge in [0.1, 0.15) is 19.3 Å². The van der Waals surface area contributed by atoms with E-state index in [0.717, 1.165) is 114 Å². The molecule has 0 aliphatic rings. The SMILES string of the molecule is CCCCCCCCCCCCCCCCCCCCCCCCC(=O)O[C@H](COC(=O)CCCCCCCCCCC(C)CC)COP(=O)(O)OC[C@@H](O)COP(=O)(O)OC[C@@H](COC(=O)CCCCCCCCC(C)CC)OC(=O)CCCCCCCCC(C)CC. The minimum atomic E-state index is -4.96. The molecule has 0 rings (SSSR count). The van der Waals surface area contributed by atoms with Crippen LogP contribution in [0.25, 0.3) is 0 Å². The number of aliphatic hydroxyl groups is 1. The summed E-state index contributed by atoms with van der Waals surface area (Å²) in [6.45, 7) is 11.8. The number of esters is 4. The maximum absolute atomic E-state index is 13.1. The van der Waals surface area contributed by atoms with E-state index in [2.05, 4.69) is 48.5 Å². The van der Waals surface area contributed by atoms with Gasteiger partial charge in [-0.1, -0.05) is 331 Å². The normalized spacial score (nSPS) is 15.0. The summed E-state index contributed by atoms with van der Waals surface area (Å²) in [5.41, 5.74) is 0. The van der Waals surface area contributed by atoms with Crippen LogP contribution in [0.2, 0.25) is 0 Å². The van der Waals surface area contributed by atoms with Crippen molar-refractivity contribution in [1.82, 2.24) is 0 Å². The Labute approximate surface area is 575 Å². The summed E-state index contributed by atoms with van der Waals surface area (Å²) in [6, 6.07) is 0. The molecule has 0 aliphatic carbocycles. The highest BCUT2D eigenvalue weighted by molar-refractivity contribution is 7.47. The van der Waals surface area contributed by atoms with Crippen molar-refractivity contribution in [2.75, 3.05) is 39.6 Å². The average Bonchev–Trinajstić information content (AvgIpc) is 3.08. The number of rotatable bonds is 73. The van der Waals surface area contributed by atoms with Crippen LogP contribution in [-0.2, 0) is 65.4 Å². The Morgan fingerprint density at radius 2 is 0.511 bits per heavy atom. The lowest BCUT2D eigenvalue weighted by Crippen LogP contribution is -2.30. The zero-order valence-electron chi connectivity index (χ0n) is 61.4. The monoisotopic (exact) mass is 1380 g/mol. The van der Waals surface area contributed by atoms with Gasteiger partial charge in [-0.2, -0.15) is 0 Å². The predicted octanol–water partition coefficient (Wildman–Crippen LogP) is 21.8. The van der Waals surface area contributed by atoms with Gasteiger partial charge in [0.05, 0.1) is 26.4 Å². The first-order valence-corrected chi connectivity index (χ1v) is 42.0. The summed E-state index contributed by atoms with van der Waals surface area (Å²) in [5, 5.41) is 10.6. The standard InChI is InChI=1S/C75H146O17P2/c1-8-12-13-14-15-16-17-18-19-20-21-22-23-24-25-26-27-28-29-34-44-51-58-74(79)91-70(62-85-72(77)56-49-42-33-31-30-32-39-46-53-66(5)9-2)64-89-93(81,82)87-60-69(76)61-88-94(83,84)90-65-71(92-75(80)59-52-45-38-36-41-48-55-68(7)11-4)63-86-73(78)57-50-43-37-35-40-47-54-67(6)10-3/h66-71,76H,8-65H2,1-7H3,(H,81,82)(H,83,84)/t66?,67?,68?,69-,70-,71-/m1/s1. The van der Waals surface area contributed by atoms with Gasteiger partial charge in [0.2, 0.25) is 0 Å². The molecule has 0 amide bonds. The molecule has 8 atom stereocenters. The van der Waals surface area contributed by atoms with E-state index in [1.165, 1.54) is 186 Å². The fourth-order valence-electron chi connectivity index (χ4n) is 11.3. The first-order valence-electron chi connectivity index (χ1n) is 39.0. The number of aliphatic hydroxyl groups excluding tert-OH is 1. The van der Waals surface area contributed by atoms with Crippen LogP contribution >= 0.6 is 15.6 Å². The molecule has 0 spiro atoms. The Bertz CT molecular complexity index is 1840. The van der Waals surface area contributed by atoms with Crippen molar-refractivity contribution < 1.29 is 80.2 Å². The van der Waals surface area contributed by atoms with Crippen LogP contribution in [0.5, 0.6) is 0 Å². The summed E-state index contributed by atoms with van der Waals surface area (Å²) in [4.78, 5) is 72.7. The van der Waals surface area contributed by atoms with Crippen LogP contribution in [0.3, 0.4) is 0 Å². The van der Waals surface area contributed by atoms with E-state index in [1.807, 2.05) is 0 Å². The lowest BCUT2D eigenvalue weighted by Gasteiger charge is -2.21. The fraction of sp³-hybridized carbons (Fsp3) is 0.947. The zero-order valence-corrected chi connectivity index (χ0v) is 63.2. The third kappa shape index (κ3) is 64.7. The molecule has 3 N–H and O–H groups in total. The molecule has 94 heavy (non-hydrogen) atoms. The van der Waals surface area contributed by atoms with E-state index in [9.17, 15) is 43.2 Å². The average molecular weight is 1380 g/mol. The number of carbonyl (C=O) groups excluding carboxylic acids is 4. The molecule has 0 aromatic rings. The topological polar surface area (TPSA) is 237 Å². The number of hydrogen-bond donors (Lipinski definition) is 3. The van der Waals surface area contributed by atoms with Crippen molar-refractivity contribution in [1.29, 1.82) is 0 Å². The lowest BCUT2D eigenvalue weighted by molar-refractivity contribution is -0.161. The Kier molecular flexibility index (Phi) is 64.3. The summed E-state index contributed by atoms with van der Waals surface area (Å²) in [7, 11) is -9.91. The van der Waals surface area contributed by atoms with Crippen molar-refractivity contribution >= 4 is 39.5 Å². The molecule has 0 radical (unpaired) electrons. The first kappa shape index (κ1) is 92.1. The van der Waals surface area contributed by atoms with Crippen molar-refractivity contribution in [3.63, 3.8) is 0 Å². The fourth-order valence-corrected chi connectivity index (χ4v) is 12.9. The molecule has 19 heteroatoms. The second-order valence-corrected chi connectivity index (χ2v) is 30.7. The molecular formula is C75H146O17P2. The highest BCUT2D eigenvalue weighted by Crippen LogP contribution is 2.45. The summed E-state index contributed by atoms with van der Waals surface area (Å²) in [6.07, 6.45) is 51.6. The van der Waals surface area contributed by atoms with Crippen LogP contribution in [0.4, 0.5) is 0 Å². The van der Waals surface area contributed by atoms with E-state index < -0.39 is 97.5 Å². The minimum absolute atomic E-state index is 0.102. The van der Waals surface area contributed by atoms with E-state index in [4.69, 9.17) is 37.0 Å². The summed E-state index contributed by atoms with van der Waals surface area (Å²) in [5.74, 6) is 0.102. The lowest BCUT2D eigenvalue weighted by atomic mass is 9.99. The zero-order chi connectivity index (χ0) is 69.4. The molecule has 558 valence electrons. The minimum Gasteiger partial charge on any atom is -0.462 e. The van der Waals surface area contributed by atoms with Gasteiger partial charge in [-0.25, -0.2) is 9.13 Å². The number of hydrogen-bond acceptors (Lipinski definition) is 15. The van der Waals surface area contributed by atoms with E-state index in [1.54, 1.807) is 0 Å². The Balaban J connectivity index is 5.17. The van der Waals surface area contributed by atoms with Crippen molar-refractivity contribution in [3.05, 3.63) is 0 Å².